The van der Waals surface area contributed by atoms with Crippen LogP contribution in [0.15, 0.2) is 65.9 Å². The second-order valence-electron chi connectivity index (χ2n) is 23.6. The van der Waals surface area contributed by atoms with Crippen molar-refractivity contribution < 1.29 is 28.7 Å². The minimum atomic E-state index is -0.870. The molecule has 0 saturated heterocycles. The molecule has 6 aliphatic rings. The molecule has 2 N–H and O–H groups in total. The van der Waals surface area contributed by atoms with Gasteiger partial charge in [0.2, 0.25) is 5.91 Å². The van der Waals surface area contributed by atoms with Crippen molar-refractivity contribution in [1.82, 2.24) is 15.6 Å². The van der Waals surface area contributed by atoms with Crippen LogP contribution in [0.3, 0.4) is 0 Å². The third-order valence-corrected chi connectivity index (χ3v) is 19.0. The molecule has 0 aliphatic heterocycles. The Morgan fingerprint density at radius 1 is 0.794 bits per heavy atom. The molecule has 1 heterocycles. The molecule has 1 aromatic carbocycles. The highest BCUT2D eigenvalue weighted by molar-refractivity contribution is 6.02. The SMILES string of the molecule is CC(C)C1=C2[C@H]3CC[C@@H]4[C@@]5(C)CC[C@H](OC(=O)[C@H]6C[C@@H](C(=O)OCc7ccccc7)C6(C)C)C(C)(C)C5CC[C@@]4(C)[C@]3(C)CC[C@@]2(NC(=O)C(C)(C)NCc2ccccn2)CC1=O. The van der Waals surface area contributed by atoms with E-state index in [1.807, 2.05) is 76.2 Å². The van der Waals surface area contributed by atoms with Crippen molar-refractivity contribution >= 4 is 23.6 Å². The van der Waals surface area contributed by atoms with Gasteiger partial charge in [0, 0.05) is 24.6 Å². The van der Waals surface area contributed by atoms with Gasteiger partial charge in [-0.05, 0) is 146 Å². The number of ether oxygens (including phenoxy) is 2. The van der Waals surface area contributed by atoms with Crippen LogP contribution in [-0.4, -0.2) is 45.8 Å². The van der Waals surface area contributed by atoms with Gasteiger partial charge in [-0.25, -0.2) is 0 Å². The Balaban J connectivity index is 0.976. The number of carbonyl (C=O) groups excluding carboxylic acids is 4. The Hall–Kier alpha value is -3.85. The molecule has 1 unspecified atom stereocenters. The van der Waals surface area contributed by atoms with Crippen LogP contribution < -0.4 is 10.6 Å². The van der Waals surface area contributed by atoms with Crippen molar-refractivity contribution in [1.29, 1.82) is 0 Å². The zero-order valence-corrected chi connectivity index (χ0v) is 40.1. The van der Waals surface area contributed by atoms with E-state index in [4.69, 9.17) is 9.47 Å². The molecule has 342 valence electrons. The van der Waals surface area contributed by atoms with Gasteiger partial charge < -0.3 is 14.8 Å². The van der Waals surface area contributed by atoms with Crippen LogP contribution in [0.25, 0.3) is 0 Å². The Kier molecular flexibility index (Phi) is 11.6. The maximum absolute atomic E-state index is 14.4. The molecule has 6 aliphatic carbocycles. The number of ketones is 1. The molecule has 8 rings (SSSR count). The van der Waals surface area contributed by atoms with E-state index in [1.54, 1.807) is 6.20 Å². The quantitative estimate of drug-likeness (QED) is 0.214. The molecule has 2 aromatic rings. The van der Waals surface area contributed by atoms with Crippen molar-refractivity contribution in [3.63, 3.8) is 0 Å². The zero-order valence-electron chi connectivity index (χ0n) is 40.1. The fraction of sp³-hybridized carbons (Fsp3) is 0.685. The number of hydrogen-bond donors (Lipinski definition) is 2. The highest BCUT2D eigenvalue weighted by Gasteiger charge is 2.71. The number of nitrogens with zero attached hydrogens (tertiary/aromatic N) is 1. The summed E-state index contributed by atoms with van der Waals surface area (Å²) in [4.78, 5) is 60.3. The number of allylic oxidation sites excluding steroid dienone is 1. The van der Waals surface area contributed by atoms with Crippen molar-refractivity contribution in [2.24, 2.45) is 62.6 Å². The second-order valence-corrected chi connectivity index (χ2v) is 23.6. The van der Waals surface area contributed by atoms with Gasteiger partial charge in [-0.2, -0.15) is 0 Å². The van der Waals surface area contributed by atoms with Gasteiger partial charge in [0.05, 0.1) is 28.6 Å². The van der Waals surface area contributed by atoms with E-state index in [-0.39, 0.29) is 81.7 Å². The minimum absolute atomic E-state index is 0.0290. The van der Waals surface area contributed by atoms with Crippen molar-refractivity contribution in [3.8, 4) is 0 Å². The summed E-state index contributed by atoms with van der Waals surface area (Å²) in [5, 5.41) is 7.03. The van der Waals surface area contributed by atoms with Crippen molar-refractivity contribution in [2.75, 3.05) is 0 Å². The molecule has 0 spiro atoms. The topological polar surface area (TPSA) is 124 Å². The molecule has 63 heavy (non-hydrogen) atoms. The number of amides is 1. The summed E-state index contributed by atoms with van der Waals surface area (Å²) in [7, 11) is 0. The van der Waals surface area contributed by atoms with E-state index >= 15 is 0 Å². The van der Waals surface area contributed by atoms with Gasteiger partial charge in [0.25, 0.3) is 0 Å². The highest BCUT2D eigenvalue weighted by atomic mass is 16.5. The maximum atomic E-state index is 14.4. The molecule has 10 atom stereocenters. The summed E-state index contributed by atoms with van der Waals surface area (Å²) in [5.41, 5.74) is 1.75. The van der Waals surface area contributed by atoms with Crippen molar-refractivity contribution in [3.05, 3.63) is 77.1 Å². The molecular weight excluding hydrogens is 787 g/mol. The first-order chi connectivity index (χ1) is 29.5. The van der Waals surface area contributed by atoms with E-state index in [0.29, 0.717) is 31.2 Å². The number of fused-ring (bicyclic) bond motifs is 7. The number of nitrogens with one attached hydrogen (secondary N) is 2. The molecule has 1 aromatic heterocycles. The summed E-state index contributed by atoms with van der Waals surface area (Å²) in [5.74, 6) is 0.168. The van der Waals surface area contributed by atoms with E-state index in [2.05, 4.69) is 64.1 Å². The van der Waals surface area contributed by atoms with Gasteiger partial charge in [0.1, 0.15) is 12.7 Å². The van der Waals surface area contributed by atoms with Crippen LogP contribution in [-0.2, 0) is 41.8 Å². The number of carbonyl (C=O) groups is 4. The largest absolute Gasteiger partial charge is 0.462 e. The number of rotatable bonds is 11. The highest BCUT2D eigenvalue weighted by Crippen LogP contribution is 2.76. The van der Waals surface area contributed by atoms with E-state index in [1.165, 1.54) is 5.57 Å². The first kappa shape index (κ1) is 45.7. The molecular formula is C54H75N3O6. The van der Waals surface area contributed by atoms with E-state index in [9.17, 15) is 19.2 Å². The Morgan fingerprint density at radius 2 is 1.49 bits per heavy atom. The fourth-order valence-electron chi connectivity index (χ4n) is 15.0. The number of benzene rings is 1. The van der Waals surface area contributed by atoms with Gasteiger partial charge >= 0.3 is 11.9 Å². The fourth-order valence-corrected chi connectivity index (χ4v) is 15.0. The predicted octanol–water partition coefficient (Wildman–Crippen LogP) is 10.1. The smallest absolute Gasteiger partial charge is 0.309 e. The van der Waals surface area contributed by atoms with Crippen LogP contribution in [0.4, 0.5) is 0 Å². The zero-order chi connectivity index (χ0) is 45.5. The second kappa shape index (κ2) is 15.9. The maximum Gasteiger partial charge on any atom is 0.309 e. The molecule has 9 heteroatoms. The standard InChI is InChI=1S/C54H75N3O6/c1-33(2)43-39(58)30-54(57-47(61)50(7,8)56-31-35-19-15-16-28-55-35)27-26-52(10)36(44(43)54)20-21-41-51(9)24-23-42(49(5,6)40(51)22-25-53(41,52)11)63-46(60)38-29-37(48(38,3)4)45(59)62-32-34-17-13-12-14-18-34/h12-19,28,33,36-38,40-42,56H,20-27,29-32H2,1-11H3,(H,57,61)/t36-,37+,38-,40?,41-,42+,51+,52-,53-,54-/m1/s1. The predicted molar refractivity (Wildman–Crippen MR) is 245 cm³/mol. The Labute approximate surface area is 377 Å². The summed E-state index contributed by atoms with van der Waals surface area (Å²) < 4.78 is 12.3. The summed E-state index contributed by atoms with van der Waals surface area (Å²) >= 11 is 0. The van der Waals surface area contributed by atoms with Crippen molar-refractivity contribution in [2.45, 2.75) is 171 Å². The van der Waals surface area contributed by atoms with E-state index < -0.39 is 16.5 Å². The lowest BCUT2D eigenvalue weighted by molar-refractivity contribution is -0.235. The summed E-state index contributed by atoms with van der Waals surface area (Å²) in [6.07, 6.45) is 10.1. The summed E-state index contributed by atoms with van der Waals surface area (Å²) in [6.45, 7) is 25.2. The lowest BCUT2D eigenvalue weighted by Gasteiger charge is -2.72. The summed E-state index contributed by atoms with van der Waals surface area (Å²) in [6, 6.07) is 15.5. The monoisotopic (exact) mass is 862 g/mol. The number of esters is 2. The molecule has 9 nitrogen and oxygen atoms in total. The average Bonchev–Trinajstić information content (AvgIpc) is 3.52. The third-order valence-electron chi connectivity index (χ3n) is 19.0. The Morgan fingerprint density at radius 3 is 2.16 bits per heavy atom. The van der Waals surface area contributed by atoms with Crippen LogP contribution in [0.5, 0.6) is 0 Å². The van der Waals surface area contributed by atoms with Crippen LogP contribution >= 0.6 is 0 Å². The lowest BCUT2D eigenvalue weighted by Crippen LogP contribution is -2.68. The van der Waals surface area contributed by atoms with Crippen LogP contribution in [0, 0.1) is 62.6 Å². The van der Waals surface area contributed by atoms with Gasteiger partial charge in [-0.3, -0.25) is 29.5 Å². The van der Waals surface area contributed by atoms with Crippen LogP contribution in [0.1, 0.15) is 152 Å². The van der Waals surface area contributed by atoms with Gasteiger partial charge in [-0.15, -0.1) is 0 Å². The van der Waals surface area contributed by atoms with Gasteiger partial charge in [-0.1, -0.05) is 98.7 Å². The number of hydrogen-bond acceptors (Lipinski definition) is 8. The Bertz CT molecular complexity index is 2140. The molecule has 1 amide bonds. The number of pyridine rings is 1. The normalized spacial score (nSPS) is 36.5. The molecule has 0 radical (unpaired) electrons. The van der Waals surface area contributed by atoms with Gasteiger partial charge in [0.15, 0.2) is 5.78 Å². The number of Topliss-reactive ketones (excluding diaryl/α,β-unsaturated/α-hetero) is 1. The molecule has 5 fully saturated rings. The van der Waals surface area contributed by atoms with Crippen LogP contribution in [0.2, 0.25) is 0 Å². The lowest BCUT2D eigenvalue weighted by atomic mass is 9.33. The average molecular weight is 862 g/mol. The first-order valence-electron chi connectivity index (χ1n) is 24.2. The minimum Gasteiger partial charge on any atom is -0.462 e. The molecule has 5 saturated carbocycles. The van der Waals surface area contributed by atoms with E-state index in [0.717, 1.165) is 68.2 Å². The first-order valence-corrected chi connectivity index (χ1v) is 24.2. The number of aromatic nitrogens is 1. The molecule has 0 bridgehead atoms. The third kappa shape index (κ3) is 7.33.